The largest absolute Gasteiger partial charge is 0.495 e. The van der Waals surface area contributed by atoms with Gasteiger partial charge in [0.05, 0.1) is 18.4 Å². The molecule has 6 heteroatoms. The van der Waals surface area contributed by atoms with E-state index in [0.717, 1.165) is 12.8 Å². The van der Waals surface area contributed by atoms with Crippen molar-refractivity contribution in [3.8, 4) is 5.75 Å². The molecule has 1 amide bonds. The lowest BCUT2D eigenvalue weighted by atomic mass is 10.2. The molecule has 19 heavy (non-hydrogen) atoms. The molecule has 0 heterocycles. The molecule has 1 aromatic rings. The van der Waals surface area contributed by atoms with Gasteiger partial charge in [0.15, 0.2) is 6.61 Å². The average molecular weight is 264 g/mol. The van der Waals surface area contributed by atoms with Gasteiger partial charge in [0.25, 0.3) is 5.91 Å². The van der Waals surface area contributed by atoms with Crippen LogP contribution in [0.25, 0.3) is 0 Å². The van der Waals surface area contributed by atoms with E-state index < -0.39 is 5.97 Å². The molecule has 1 saturated carbocycles. The molecule has 0 radical (unpaired) electrons. The van der Waals surface area contributed by atoms with Gasteiger partial charge in [-0.3, -0.25) is 4.79 Å². The first-order valence-corrected chi connectivity index (χ1v) is 6.00. The number of methoxy groups -OCH3 is 1. The number of ether oxygens (including phenoxy) is 2. The van der Waals surface area contributed by atoms with Crippen LogP contribution in [0, 0.1) is 0 Å². The van der Waals surface area contributed by atoms with E-state index >= 15 is 0 Å². The topological polar surface area (TPSA) is 90.6 Å². The zero-order valence-corrected chi connectivity index (χ0v) is 10.6. The minimum atomic E-state index is -0.583. The normalized spacial score (nSPS) is 13.7. The second-order valence-corrected chi connectivity index (χ2v) is 4.37. The van der Waals surface area contributed by atoms with E-state index in [-0.39, 0.29) is 24.1 Å². The van der Waals surface area contributed by atoms with Gasteiger partial charge in [0, 0.05) is 6.04 Å². The summed E-state index contributed by atoms with van der Waals surface area (Å²) in [6.07, 6.45) is 1.99. The van der Waals surface area contributed by atoms with Gasteiger partial charge < -0.3 is 20.5 Å². The first-order chi connectivity index (χ1) is 9.10. The fourth-order valence-electron chi connectivity index (χ4n) is 1.57. The monoisotopic (exact) mass is 264 g/mol. The van der Waals surface area contributed by atoms with Crippen LogP contribution in [0.15, 0.2) is 18.2 Å². The average Bonchev–Trinajstić information content (AvgIpc) is 3.19. The summed E-state index contributed by atoms with van der Waals surface area (Å²) >= 11 is 0. The van der Waals surface area contributed by atoms with Crippen LogP contribution in [-0.2, 0) is 9.53 Å². The summed E-state index contributed by atoms with van der Waals surface area (Å²) in [5.41, 5.74) is 6.32. The first kappa shape index (κ1) is 13.2. The van der Waals surface area contributed by atoms with Gasteiger partial charge in [0.1, 0.15) is 5.75 Å². The van der Waals surface area contributed by atoms with Crippen molar-refractivity contribution < 1.29 is 19.1 Å². The first-order valence-electron chi connectivity index (χ1n) is 6.00. The molecule has 1 fully saturated rings. The molecule has 2 rings (SSSR count). The molecule has 0 spiro atoms. The van der Waals surface area contributed by atoms with E-state index in [2.05, 4.69) is 5.32 Å². The van der Waals surface area contributed by atoms with E-state index in [1.807, 2.05) is 0 Å². The second-order valence-electron chi connectivity index (χ2n) is 4.37. The Morgan fingerprint density at radius 3 is 2.74 bits per heavy atom. The quantitative estimate of drug-likeness (QED) is 0.604. The van der Waals surface area contributed by atoms with Crippen molar-refractivity contribution >= 4 is 17.6 Å². The SMILES string of the molecule is COc1ccc(C(=O)OCC(=O)NC2CC2)cc1N. The number of carbonyl (C=O) groups excluding carboxylic acids is 2. The summed E-state index contributed by atoms with van der Waals surface area (Å²) in [4.78, 5) is 23.1. The molecular formula is C13H16N2O4. The van der Waals surface area contributed by atoms with Crippen molar-refractivity contribution in [1.29, 1.82) is 0 Å². The summed E-state index contributed by atoms with van der Waals surface area (Å²) < 4.78 is 9.89. The number of nitrogens with two attached hydrogens (primary N) is 1. The number of nitrogens with one attached hydrogen (secondary N) is 1. The molecule has 1 aromatic carbocycles. The van der Waals surface area contributed by atoms with Gasteiger partial charge in [-0.05, 0) is 31.0 Å². The number of amides is 1. The molecule has 0 aromatic heterocycles. The highest BCUT2D eigenvalue weighted by molar-refractivity contribution is 5.92. The van der Waals surface area contributed by atoms with Crippen LogP contribution in [0.4, 0.5) is 5.69 Å². The Morgan fingerprint density at radius 1 is 1.42 bits per heavy atom. The van der Waals surface area contributed by atoms with E-state index in [4.69, 9.17) is 15.2 Å². The fourth-order valence-corrected chi connectivity index (χ4v) is 1.57. The van der Waals surface area contributed by atoms with Crippen molar-refractivity contribution in [2.24, 2.45) is 0 Å². The number of anilines is 1. The van der Waals surface area contributed by atoms with Crippen LogP contribution in [0.3, 0.4) is 0 Å². The summed E-state index contributed by atoms with van der Waals surface area (Å²) in [5, 5.41) is 2.73. The number of carbonyl (C=O) groups is 2. The summed E-state index contributed by atoms with van der Waals surface area (Å²) in [5.74, 6) is -0.374. The Bertz CT molecular complexity index is 497. The standard InChI is InChI=1S/C13H16N2O4/c1-18-11-5-2-8(6-10(11)14)13(17)19-7-12(16)15-9-3-4-9/h2,5-6,9H,3-4,7,14H2,1H3,(H,15,16). The van der Waals surface area contributed by atoms with E-state index in [1.165, 1.54) is 19.2 Å². The van der Waals surface area contributed by atoms with Crippen molar-refractivity contribution in [3.63, 3.8) is 0 Å². The van der Waals surface area contributed by atoms with E-state index in [9.17, 15) is 9.59 Å². The van der Waals surface area contributed by atoms with Crippen LogP contribution < -0.4 is 15.8 Å². The molecule has 0 atom stereocenters. The minimum Gasteiger partial charge on any atom is -0.495 e. The molecule has 0 bridgehead atoms. The third kappa shape index (κ3) is 3.61. The molecular weight excluding hydrogens is 248 g/mol. The summed E-state index contributed by atoms with van der Waals surface area (Å²) in [6, 6.07) is 4.83. The maximum absolute atomic E-state index is 11.7. The molecule has 0 unspecified atom stereocenters. The molecule has 0 aliphatic heterocycles. The van der Waals surface area contributed by atoms with E-state index in [1.54, 1.807) is 6.07 Å². The predicted molar refractivity (Wildman–Crippen MR) is 68.9 cm³/mol. The zero-order chi connectivity index (χ0) is 13.8. The van der Waals surface area contributed by atoms with E-state index in [0.29, 0.717) is 11.4 Å². The molecule has 1 aliphatic rings. The number of hydrogen-bond acceptors (Lipinski definition) is 5. The fraction of sp³-hybridized carbons (Fsp3) is 0.385. The molecule has 1 aliphatic carbocycles. The van der Waals surface area contributed by atoms with Crippen LogP contribution in [0.5, 0.6) is 5.75 Å². The molecule has 6 nitrogen and oxygen atoms in total. The Morgan fingerprint density at radius 2 is 2.16 bits per heavy atom. The minimum absolute atomic E-state index is 0.253. The van der Waals surface area contributed by atoms with Crippen LogP contribution >= 0.6 is 0 Å². The van der Waals surface area contributed by atoms with Gasteiger partial charge >= 0.3 is 5.97 Å². The van der Waals surface area contributed by atoms with Crippen molar-refractivity contribution in [2.75, 3.05) is 19.5 Å². The molecule has 102 valence electrons. The van der Waals surface area contributed by atoms with Crippen LogP contribution in [0.2, 0.25) is 0 Å². The molecule has 0 saturated heterocycles. The van der Waals surface area contributed by atoms with Gasteiger partial charge in [-0.2, -0.15) is 0 Å². The Hall–Kier alpha value is -2.24. The lowest BCUT2D eigenvalue weighted by Crippen LogP contribution is -2.30. The Labute approximate surface area is 110 Å². The van der Waals surface area contributed by atoms with Crippen LogP contribution in [-0.4, -0.2) is 31.6 Å². The predicted octanol–water partition coefficient (Wildman–Crippen LogP) is 0.713. The highest BCUT2D eigenvalue weighted by atomic mass is 16.5. The number of hydrogen-bond donors (Lipinski definition) is 2. The van der Waals surface area contributed by atoms with Crippen LogP contribution in [0.1, 0.15) is 23.2 Å². The highest BCUT2D eigenvalue weighted by Crippen LogP contribution is 2.22. The Kier molecular flexibility index (Phi) is 3.89. The van der Waals surface area contributed by atoms with Gasteiger partial charge in [0.2, 0.25) is 0 Å². The number of rotatable bonds is 5. The number of esters is 1. The summed E-state index contributed by atoms with van der Waals surface area (Å²) in [6.45, 7) is -0.277. The third-order valence-corrected chi connectivity index (χ3v) is 2.74. The Balaban J connectivity index is 1.88. The number of benzene rings is 1. The van der Waals surface area contributed by atoms with Crippen molar-refractivity contribution in [3.05, 3.63) is 23.8 Å². The lowest BCUT2D eigenvalue weighted by Gasteiger charge is -2.08. The smallest absolute Gasteiger partial charge is 0.338 e. The van der Waals surface area contributed by atoms with Crippen molar-refractivity contribution in [2.45, 2.75) is 18.9 Å². The van der Waals surface area contributed by atoms with Crippen molar-refractivity contribution in [1.82, 2.24) is 5.32 Å². The molecule has 3 N–H and O–H groups in total. The third-order valence-electron chi connectivity index (χ3n) is 2.74. The van der Waals surface area contributed by atoms with Gasteiger partial charge in [-0.1, -0.05) is 0 Å². The van der Waals surface area contributed by atoms with Gasteiger partial charge in [-0.15, -0.1) is 0 Å². The number of nitrogen functional groups attached to an aromatic ring is 1. The maximum atomic E-state index is 11.7. The zero-order valence-electron chi connectivity index (χ0n) is 10.6. The highest BCUT2D eigenvalue weighted by Gasteiger charge is 2.23. The van der Waals surface area contributed by atoms with Gasteiger partial charge in [-0.25, -0.2) is 4.79 Å². The summed E-state index contributed by atoms with van der Waals surface area (Å²) in [7, 11) is 1.49. The second kappa shape index (κ2) is 5.60. The lowest BCUT2D eigenvalue weighted by molar-refractivity contribution is -0.124. The maximum Gasteiger partial charge on any atom is 0.338 e.